The lowest BCUT2D eigenvalue weighted by atomic mass is 10.4. The fraction of sp³-hybridized carbons (Fsp3) is 1.00. The quantitative estimate of drug-likeness (QED) is 0.447. The Morgan fingerprint density at radius 3 is 2.33 bits per heavy atom. The standard InChI is InChI=1S/C4H8O4S/c1-2-3-4(8-3)9(5,6)7/h3-4H,2H2,1H3,(H,5,6,7). The highest BCUT2D eigenvalue weighted by Gasteiger charge is 2.47. The highest BCUT2D eigenvalue weighted by molar-refractivity contribution is 7.86. The third kappa shape index (κ3) is 1.41. The predicted molar refractivity (Wildman–Crippen MR) is 30.5 cm³/mol. The van der Waals surface area contributed by atoms with Crippen LogP contribution in [-0.4, -0.2) is 24.5 Å². The molecule has 0 bridgehead atoms. The fourth-order valence-electron chi connectivity index (χ4n) is 0.678. The molecule has 1 aliphatic rings. The predicted octanol–water partition coefficient (Wildman–Crippen LogP) is 0.00910. The number of hydrogen-bond acceptors (Lipinski definition) is 3. The maximum absolute atomic E-state index is 10.2. The molecule has 4 nitrogen and oxygen atoms in total. The van der Waals surface area contributed by atoms with Crippen molar-refractivity contribution in [3.8, 4) is 0 Å². The van der Waals surface area contributed by atoms with Crippen LogP contribution in [0, 0.1) is 0 Å². The molecule has 0 aromatic heterocycles. The second-order valence-electron chi connectivity index (χ2n) is 1.97. The van der Waals surface area contributed by atoms with Crippen molar-refractivity contribution >= 4 is 10.1 Å². The topological polar surface area (TPSA) is 66.9 Å². The Morgan fingerprint density at radius 1 is 1.67 bits per heavy atom. The van der Waals surface area contributed by atoms with Crippen molar-refractivity contribution in [3.05, 3.63) is 0 Å². The van der Waals surface area contributed by atoms with Gasteiger partial charge in [-0.25, -0.2) is 0 Å². The minimum absolute atomic E-state index is 0.278. The van der Waals surface area contributed by atoms with E-state index in [2.05, 4.69) is 4.74 Å². The van der Waals surface area contributed by atoms with Gasteiger partial charge >= 0.3 is 0 Å². The molecule has 0 spiro atoms. The number of epoxide rings is 1. The van der Waals surface area contributed by atoms with E-state index in [1.54, 1.807) is 6.92 Å². The van der Waals surface area contributed by atoms with E-state index < -0.39 is 15.6 Å². The van der Waals surface area contributed by atoms with Gasteiger partial charge in [-0.05, 0) is 6.42 Å². The fourth-order valence-corrected chi connectivity index (χ4v) is 1.54. The zero-order valence-electron chi connectivity index (χ0n) is 4.94. The molecule has 2 unspecified atom stereocenters. The van der Waals surface area contributed by atoms with Crippen LogP contribution in [0.2, 0.25) is 0 Å². The van der Waals surface area contributed by atoms with E-state index >= 15 is 0 Å². The van der Waals surface area contributed by atoms with Crippen LogP contribution in [0.5, 0.6) is 0 Å². The van der Waals surface area contributed by atoms with E-state index in [1.165, 1.54) is 0 Å². The minimum Gasteiger partial charge on any atom is -0.350 e. The molecule has 2 atom stereocenters. The molecule has 0 saturated carbocycles. The van der Waals surface area contributed by atoms with Crippen molar-refractivity contribution in [2.75, 3.05) is 0 Å². The first-order valence-corrected chi connectivity index (χ1v) is 4.17. The number of rotatable bonds is 2. The van der Waals surface area contributed by atoms with E-state index in [0.29, 0.717) is 6.42 Å². The maximum Gasteiger partial charge on any atom is 0.294 e. The van der Waals surface area contributed by atoms with Crippen LogP contribution in [0.4, 0.5) is 0 Å². The second kappa shape index (κ2) is 1.93. The van der Waals surface area contributed by atoms with Gasteiger partial charge in [0.25, 0.3) is 10.1 Å². The molecule has 0 radical (unpaired) electrons. The van der Waals surface area contributed by atoms with Crippen molar-refractivity contribution in [2.45, 2.75) is 24.9 Å². The van der Waals surface area contributed by atoms with Crippen LogP contribution in [0.1, 0.15) is 13.3 Å². The molecule has 0 aromatic rings. The third-order valence-corrected chi connectivity index (χ3v) is 2.23. The van der Waals surface area contributed by atoms with Gasteiger partial charge in [0, 0.05) is 0 Å². The maximum atomic E-state index is 10.2. The monoisotopic (exact) mass is 152 g/mol. The largest absolute Gasteiger partial charge is 0.350 e. The Hall–Kier alpha value is -0.130. The molecule has 0 amide bonds. The Balaban J connectivity index is 2.53. The second-order valence-corrected chi connectivity index (χ2v) is 3.46. The van der Waals surface area contributed by atoms with E-state index in [-0.39, 0.29) is 6.10 Å². The Kier molecular flexibility index (Phi) is 1.50. The Morgan fingerprint density at radius 2 is 2.22 bits per heavy atom. The van der Waals surface area contributed by atoms with Gasteiger partial charge < -0.3 is 4.74 Å². The van der Waals surface area contributed by atoms with E-state index in [1.807, 2.05) is 0 Å². The summed E-state index contributed by atoms with van der Waals surface area (Å²) in [4.78, 5) is 0. The van der Waals surface area contributed by atoms with Gasteiger partial charge in [-0.1, -0.05) is 6.92 Å². The lowest BCUT2D eigenvalue weighted by molar-refractivity contribution is 0.377. The summed E-state index contributed by atoms with van der Waals surface area (Å²) in [6, 6.07) is 0. The van der Waals surface area contributed by atoms with Gasteiger partial charge in [-0.2, -0.15) is 8.42 Å². The van der Waals surface area contributed by atoms with Crippen molar-refractivity contribution in [1.29, 1.82) is 0 Å². The average Bonchev–Trinajstić information content (AvgIpc) is 2.39. The molecular formula is C4H8O4S. The summed E-state index contributed by atoms with van der Waals surface area (Å²) in [5.74, 6) is 0. The highest BCUT2D eigenvalue weighted by Crippen LogP contribution is 2.28. The van der Waals surface area contributed by atoms with E-state index in [0.717, 1.165) is 0 Å². The molecule has 1 fully saturated rings. The van der Waals surface area contributed by atoms with Crippen molar-refractivity contribution in [1.82, 2.24) is 0 Å². The molecule has 1 N–H and O–H groups in total. The number of ether oxygens (including phenoxy) is 1. The number of hydrogen-bond donors (Lipinski definition) is 1. The molecule has 0 aromatic carbocycles. The molecule has 5 heteroatoms. The van der Waals surface area contributed by atoms with Gasteiger partial charge in [0.2, 0.25) is 5.44 Å². The summed E-state index contributed by atoms with van der Waals surface area (Å²) in [6.07, 6.45) is 0.352. The van der Waals surface area contributed by atoms with Crippen molar-refractivity contribution < 1.29 is 17.7 Å². The minimum atomic E-state index is -3.91. The first-order valence-electron chi connectivity index (χ1n) is 2.67. The smallest absolute Gasteiger partial charge is 0.294 e. The Bertz CT molecular complexity index is 195. The zero-order valence-corrected chi connectivity index (χ0v) is 5.76. The first kappa shape index (κ1) is 6.98. The SMILES string of the molecule is CCC1OC1S(=O)(=O)O. The summed E-state index contributed by atoms with van der Waals surface area (Å²) >= 11 is 0. The molecule has 9 heavy (non-hydrogen) atoms. The zero-order chi connectivity index (χ0) is 7.07. The average molecular weight is 152 g/mol. The van der Waals surface area contributed by atoms with Crippen LogP contribution in [0.15, 0.2) is 0 Å². The van der Waals surface area contributed by atoms with Gasteiger partial charge in [0.1, 0.15) is 6.10 Å². The van der Waals surface area contributed by atoms with Crippen molar-refractivity contribution in [3.63, 3.8) is 0 Å². The van der Waals surface area contributed by atoms with Crippen LogP contribution in [0.3, 0.4) is 0 Å². The van der Waals surface area contributed by atoms with Crippen LogP contribution in [0.25, 0.3) is 0 Å². The lowest BCUT2D eigenvalue weighted by Crippen LogP contribution is -2.08. The molecule has 1 saturated heterocycles. The summed E-state index contributed by atoms with van der Waals surface area (Å²) in [7, 11) is -3.91. The summed E-state index contributed by atoms with van der Waals surface area (Å²) < 4.78 is 33.3. The molecule has 0 aliphatic carbocycles. The Labute approximate surface area is 53.6 Å². The lowest BCUT2D eigenvalue weighted by Gasteiger charge is -1.83. The summed E-state index contributed by atoms with van der Waals surface area (Å²) in [5.41, 5.74) is -0.942. The molecule has 54 valence electrons. The van der Waals surface area contributed by atoms with E-state index in [4.69, 9.17) is 4.55 Å². The van der Waals surface area contributed by atoms with E-state index in [9.17, 15) is 8.42 Å². The van der Waals surface area contributed by atoms with Crippen LogP contribution in [-0.2, 0) is 14.9 Å². The summed E-state index contributed by atoms with van der Waals surface area (Å²) in [5, 5.41) is 0. The van der Waals surface area contributed by atoms with Crippen LogP contribution >= 0.6 is 0 Å². The highest BCUT2D eigenvalue weighted by atomic mass is 32.2. The van der Waals surface area contributed by atoms with Crippen LogP contribution < -0.4 is 0 Å². The summed E-state index contributed by atoms with van der Waals surface area (Å²) in [6.45, 7) is 1.80. The molecule has 1 rings (SSSR count). The van der Waals surface area contributed by atoms with Gasteiger partial charge in [0.15, 0.2) is 0 Å². The van der Waals surface area contributed by atoms with Gasteiger partial charge in [-0.15, -0.1) is 0 Å². The van der Waals surface area contributed by atoms with Gasteiger partial charge in [0.05, 0.1) is 0 Å². The third-order valence-electron chi connectivity index (χ3n) is 1.23. The molecule has 1 aliphatic heterocycles. The molecule has 1 heterocycles. The first-order chi connectivity index (χ1) is 4.05. The molecular weight excluding hydrogens is 144 g/mol. The van der Waals surface area contributed by atoms with Gasteiger partial charge in [-0.3, -0.25) is 4.55 Å². The van der Waals surface area contributed by atoms with Crippen molar-refractivity contribution in [2.24, 2.45) is 0 Å². The normalized spacial score (nSPS) is 34.4.